The third-order valence-electron chi connectivity index (χ3n) is 8.60. The zero-order chi connectivity index (χ0) is 27.9. The second-order valence-electron chi connectivity index (χ2n) is 11.0. The molecule has 1 aliphatic carbocycles. The zero-order valence-electron chi connectivity index (χ0n) is 22.9. The van der Waals surface area contributed by atoms with E-state index in [1.165, 1.54) is 5.56 Å². The number of ether oxygens (including phenoxy) is 1. The molecule has 4 aromatic carbocycles. The van der Waals surface area contributed by atoms with E-state index < -0.39 is 0 Å². The van der Waals surface area contributed by atoms with Crippen molar-refractivity contribution in [1.29, 1.82) is 0 Å². The van der Waals surface area contributed by atoms with Gasteiger partial charge in [-0.1, -0.05) is 48.5 Å². The molecule has 7 heteroatoms. The average molecular weight is 545 g/mol. The largest absolute Gasteiger partial charge is 0.508 e. The number of likely N-dealkylation sites (tertiary alicyclic amines) is 1. The number of fused-ring (bicyclic) bond motifs is 2. The maximum absolute atomic E-state index is 10.1. The number of methoxy groups -OCH3 is 1. The van der Waals surface area contributed by atoms with Crippen molar-refractivity contribution in [3.8, 4) is 22.6 Å². The molecule has 2 aliphatic rings. The van der Waals surface area contributed by atoms with Gasteiger partial charge in [-0.05, 0) is 70.8 Å². The van der Waals surface area contributed by atoms with Gasteiger partial charge in [-0.2, -0.15) is 0 Å². The maximum atomic E-state index is 10.1. The van der Waals surface area contributed by atoms with Crippen molar-refractivity contribution in [2.75, 3.05) is 31.7 Å². The monoisotopic (exact) mass is 544 g/mol. The molecule has 2 N–H and O–H groups in total. The van der Waals surface area contributed by atoms with Gasteiger partial charge in [0.15, 0.2) is 0 Å². The molecule has 2 fully saturated rings. The Morgan fingerprint density at radius 3 is 2.37 bits per heavy atom. The predicted molar refractivity (Wildman–Crippen MR) is 161 cm³/mol. The third kappa shape index (κ3) is 4.77. The molecular formula is C34H32N4O3. The second-order valence-corrected chi connectivity index (χ2v) is 11.0. The SMILES string of the molecule is COc1cc(O)ccc1N(c1ccccc1)c1ncnc2ccc(-c3ccc(CN4CC5C(CO)C5C4)cc3)cc12. The van der Waals surface area contributed by atoms with Gasteiger partial charge in [0, 0.05) is 43.4 Å². The highest BCUT2D eigenvalue weighted by molar-refractivity contribution is 5.97. The molecule has 206 valence electrons. The van der Waals surface area contributed by atoms with E-state index in [0.29, 0.717) is 30.1 Å². The molecule has 41 heavy (non-hydrogen) atoms. The lowest BCUT2D eigenvalue weighted by molar-refractivity contribution is 0.217. The molecule has 1 aliphatic heterocycles. The van der Waals surface area contributed by atoms with Crippen LogP contribution in [-0.4, -0.2) is 51.9 Å². The van der Waals surface area contributed by atoms with Crippen LogP contribution in [0.15, 0.2) is 97.3 Å². The fraction of sp³-hybridized carbons (Fsp3) is 0.235. The standard InChI is InChI=1S/C34H32N4O3/c1-41-33-16-26(40)12-14-32(33)38(25-5-3-2-4-6-25)34-27-15-24(11-13-31(27)35-21-36-34)23-9-7-22(8-10-23)17-37-18-28-29(19-37)30(28)20-39/h2-16,21,28-30,39-40H,17-20H2,1H3. The Hall–Kier alpha value is -4.46. The average Bonchev–Trinajstić information content (AvgIpc) is 3.50. The summed E-state index contributed by atoms with van der Waals surface area (Å²) in [6, 6.07) is 30.2. The Morgan fingerprint density at radius 1 is 0.878 bits per heavy atom. The number of hydrogen-bond donors (Lipinski definition) is 2. The minimum Gasteiger partial charge on any atom is -0.508 e. The summed E-state index contributed by atoms with van der Waals surface area (Å²) in [7, 11) is 1.60. The Labute approximate surface area is 239 Å². The lowest BCUT2D eigenvalue weighted by Gasteiger charge is -2.27. The quantitative estimate of drug-likeness (QED) is 0.242. The molecule has 0 bridgehead atoms. The number of aliphatic hydroxyl groups excluding tert-OH is 1. The molecule has 2 atom stereocenters. The first-order valence-electron chi connectivity index (χ1n) is 14.0. The molecule has 2 unspecified atom stereocenters. The highest BCUT2D eigenvalue weighted by Gasteiger charge is 2.54. The smallest absolute Gasteiger partial charge is 0.149 e. The number of aromatic nitrogens is 2. The van der Waals surface area contributed by atoms with E-state index in [4.69, 9.17) is 9.72 Å². The van der Waals surface area contributed by atoms with Gasteiger partial charge in [-0.15, -0.1) is 0 Å². The highest BCUT2D eigenvalue weighted by Crippen LogP contribution is 2.51. The van der Waals surface area contributed by atoms with E-state index in [1.54, 1.807) is 25.6 Å². The number of phenols is 1. The molecule has 2 heterocycles. The van der Waals surface area contributed by atoms with Crippen molar-refractivity contribution in [2.45, 2.75) is 6.54 Å². The van der Waals surface area contributed by atoms with Crippen LogP contribution in [0.3, 0.4) is 0 Å². The number of phenolic OH excluding ortho intramolecular Hbond substituents is 1. The minimum absolute atomic E-state index is 0.132. The van der Waals surface area contributed by atoms with Crippen molar-refractivity contribution in [3.05, 3.63) is 103 Å². The van der Waals surface area contributed by atoms with Crippen molar-refractivity contribution in [1.82, 2.24) is 14.9 Å². The van der Waals surface area contributed by atoms with Crippen LogP contribution in [0.2, 0.25) is 0 Å². The summed E-state index contributed by atoms with van der Waals surface area (Å²) in [5, 5.41) is 20.5. The van der Waals surface area contributed by atoms with Gasteiger partial charge >= 0.3 is 0 Å². The van der Waals surface area contributed by atoms with E-state index in [2.05, 4.69) is 46.3 Å². The summed E-state index contributed by atoms with van der Waals surface area (Å²) in [6.07, 6.45) is 1.58. The molecule has 1 saturated carbocycles. The van der Waals surface area contributed by atoms with Crippen LogP contribution in [0.1, 0.15) is 5.56 Å². The molecule has 0 amide bonds. The number of anilines is 3. The number of hydrogen-bond acceptors (Lipinski definition) is 7. The first-order chi connectivity index (χ1) is 20.1. The fourth-order valence-electron chi connectivity index (χ4n) is 6.40. The molecule has 1 saturated heterocycles. The minimum atomic E-state index is 0.132. The lowest BCUT2D eigenvalue weighted by atomic mass is 10.0. The van der Waals surface area contributed by atoms with E-state index in [-0.39, 0.29) is 5.75 Å². The number of nitrogens with zero attached hydrogens (tertiary/aromatic N) is 4. The molecule has 5 aromatic rings. The van der Waals surface area contributed by atoms with Gasteiger partial charge in [-0.3, -0.25) is 9.80 Å². The molecule has 0 radical (unpaired) electrons. The number of rotatable bonds is 8. The summed E-state index contributed by atoms with van der Waals surface area (Å²) < 4.78 is 5.67. The van der Waals surface area contributed by atoms with Crippen LogP contribution in [0.4, 0.5) is 17.2 Å². The second kappa shape index (κ2) is 10.5. The van der Waals surface area contributed by atoms with Crippen LogP contribution in [0.25, 0.3) is 22.0 Å². The van der Waals surface area contributed by atoms with Gasteiger partial charge in [0.1, 0.15) is 23.6 Å². The Balaban J connectivity index is 1.23. The van der Waals surface area contributed by atoms with Gasteiger partial charge in [0.2, 0.25) is 0 Å². The number of para-hydroxylation sites is 1. The Morgan fingerprint density at radius 2 is 1.63 bits per heavy atom. The summed E-state index contributed by atoms with van der Waals surface area (Å²) in [5.74, 6) is 3.29. The van der Waals surface area contributed by atoms with Crippen LogP contribution in [-0.2, 0) is 6.54 Å². The first-order valence-corrected chi connectivity index (χ1v) is 14.0. The highest BCUT2D eigenvalue weighted by atomic mass is 16.5. The number of aromatic hydroxyl groups is 1. The van der Waals surface area contributed by atoms with Gasteiger partial charge < -0.3 is 14.9 Å². The number of aliphatic hydroxyl groups is 1. The van der Waals surface area contributed by atoms with E-state index in [9.17, 15) is 10.2 Å². The number of benzene rings is 4. The first kappa shape index (κ1) is 25.5. The Bertz CT molecular complexity index is 1680. The van der Waals surface area contributed by atoms with Crippen molar-refractivity contribution < 1.29 is 14.9 Å². The molecule has 0 spiro atoms. The third-order valence-corrected chi connectivity index (χ3v) is 8.60. The van der Waals surface area contributed by atoms with Gasteiger partial charge in [0.05, 0.1) is 18.3 Å². The summed E-state index contributed by atoms with van der Waals surface area (Å²) in [6.45, 7) is 3.47. The topological polar surface area (TPSA) is 82.0 Å². The van der Waals surface area contributed by atoms with Crippen LogP contribution in [0.5, 0.6) is 11.5 Å². The fourth-order valence-corrected chi connectivity index (χ4v) is 6.40. The zero-order valence-corrected chi connectivity index (χ0v) is 22.9. The molecule has 7 rings (SSSR count). The molecule has 1 aromatic heterocycles. The van der Waals surface area contributed by atoms with Crippen LogP contribution < -0.4 is 9.64 Å². The molecule has 7 nitrogen and oxygen atoms in total. The van der Waals surface area contributed by atoms with Crippen LogP contribution >= 0.6 is 0 Å². The van der Waals surface area contributed by atoms with Gasteiger partial charge in [0.25, 0.3) is 0 Å². The van der Waals surface area contributed by atoms with E-state index >= 15 is 0 Å². The maximum Gasteiger partial charge on any atom is 0.149 e. The predicted octanol–water partition coefficient (Wildman–Crippen LogP) is 6.15. The van der Waals surface area contributed by atoms with E-state index in [0.717, 1.165) is 58.9 Å². The van der Waals surface area contributed by atoms with Crippen LogP contribution in [0, 0.1) is 17.8 Å². The van der Waals surface area contributed by atoms with E-state index in [1.807, 2.05) is 47.4 Å². The molecular weight excluding hydrogens is 512 g/mol. The summed E-state index contributed by atoms with van der Waals surface area (Å²) >= 11 is 0. The van der Waals surface area contributed by atoms with Crippen molar-refractivity contribution in [2.24, 2.45) is 17.8 Å². The van der Waals surface area contributed by atoms with Gasteiger partial charge in [-0.25, -0.2) is 9.97 Å². The normalized spacial score (nSPS) is 19.7. The number of piperidine rings is 1. The summed E-state index contributed by atoms with van der Waals surface area (Å²) in [5.41, 5.74) is 6.02. The lowest BCUT2D eigenvalue weighted by Crippen LogP contribution is -2.24. The summed E-state index contributed by atoms with van der Waals surface area (Å²) in [4.78, 5) is 13.9. The van der Waals surface area contributed by atoms with Crippen molar-refractivity contribution >= 4 is 28.1 Å². The van der Waals surface area contributed by atoms with Crippen molar-refractivity contribution in [3.63, 3.8) is 0 Å². The Kier molecular flexibility index (Phi) is 6.53.